The molecule has 1 heterocycles. The lowest BCUT2D eigenvalue weighted by atomic mass is 9.97. The van der Waals surface area contributed by atoms with Crippen LogP contribution in [0.3, 0.4) is 0 Å². The Kier molecular flexibility index (Phi) is 3.72. The van der Waals surface area contributed by atoms with Gasteiger partial charge in [0.05, 0.1) is 19.1 Å². The van der Waals surface area contributed by atoms with E-state index in [2.05, 4.69) is 6.07 Å². The molecule has 0 saturated carbocycles. The van der Waals surface area contributed by atoms with Crippen molar-refractivity contribution in [3.05, 3.63) is 29.3 Å². The molecule has 2 nitrogen and oxygen atoms in total. The molecule has 88 valence electrons. The standard InChI is InChI=1S/C13H17ClO2/c1-9-7-10(3-4-12(9)15-2)13(14)11-5-6-16-8-11/h3-4,7,11,13H,5-6,8H2,1-2H3. The molecule has 3 heteroatoms. The number of alkyl halides is 1. The normalized spacial score (nSPS) is 22.1. The van der Waals surface area contributed by atoms with Crippen molar-refractivity contribution in [1.82, 2.24) is 0 Å². The lowest BCUT2D eigenvalue weighted by Gasteiger charge is -2.17. The zero-order chi connectivity index (χ0) is 11.5. The highest BCUT2D eigenvalue weighted by Gasteiger charge is 2.25. The number of ether oxygens (including phenoxy) is 2. The second kappa shape index (κ2) is 5.07. The average Bonchev–Trinajstić information content (AvgIpc) is 2.81. The molecule has 1 aliphatic heterocycles. The first kappa shape index (κ1) is 11.7. The van der Waals surface area contributed by atoms with Crippen LogP contribution in [0.25, 0.3) is 0 Å². The van der Waals surface area contributed by atoms with Gasteiger partial charge in [-0.05, 0) is 30.5 Å². The predicted molar refractivity (Wildman–Crippen MR) is 65.3 cm³/mol. The summed E-state index contributed by atoms with van der Waals surface area (Å²) in [4.78, 5) is 0. The first-order valence-electron chi connectivity index (χ1n) is 5.58. The van der Waals surface area contributed by atoms with Crippen LogP contribution < -0.4 is 4.74 Å². The average molecular weight is 241 g/mol. The molecule has 1 saturated heterocycles. The lowest BCUT2D eigenvalue weighted by molar-refractivity contribution is 0.185. The van der Waals surface area contributed by atoms with E-state index in [0.29, 0.717) is 5.92 Å². The monoisotopic (exact) mass is 240 g/mol. The molecular formula is C13H17ClO2. The summed E-state index contributed by atoms with van der Waals surface area (Å²) < 4.78 is 10.6. The fraction of sp³-hybridized carbons (Fsp3) is 0.538. The topological polar surface area (TPSA) is 18.5 Å². The molecule has 1 aliphatic rings. The van der Waals surface area contributed by atoms with Crippen LogP contribution in [-0.4, -0.2) is 20.3 Å². The highest BCUT2D eigenvalue weighted by atomic mass is 35.5. The molecular weight excluding hydrogens is 224 g/mol. The van der Waals surface area contributed by atoms with Crippen molar-refractivity contribution >= 4 is 11.6 Å². The summed E-state index contributed by atoms with van der Waals surface area (Å²) in [6.45, 7) is 3.65. The third kappa shape index (κ3) is 2.33. The van der Waals surface area contributed by atoms with E-state index in [0.717, 1.165) is 36.5 Å². The van der Waals surface area contributed by atoms with Crippen molar-refractivity contribution in [2.45, 2.75) is 18.7 Å². The minimum Gasteiger partial charge on any atom is -0.496 e. The molecule has 16 heavy (non-hydrogen) atoms. The maximum absolute atomic E-state index is 6.46. The maximum atomic E-state index is 6.46. The summed E-state index contributed by atoms with van der Waals surface area (Å²) in [5, 5.41) is 0.0482. The Bertz CT molecular complexity index is 359. The van der Waals surface area contributed by atoms with Gasteiger partial charge in [0.15, 0.2) is 0 Å². The third-order valence-electron chi connectivity index (χ3n) is 3.12. The predicted octanol–water partition coefficient (Wildman–Crippen LogP) is 3.32. The minimum absolute atomic E-state index is 0.0482. The zero-order valence-electron chi connectivity index (χ0n) is 9.70. The Balaban J connectivity index is 2.16. The highest BCUT2D eigenvalue weighted by Crippen LogP contribution is 2.35. The van der Waals surface area contributed by atoms with Crippen LogP contribution >= 0.6 is 11.6 Å². The Morgan fingerprint density at radius 3 is 2.88 bits per heavy atom. The van der Waals surface area contributed by atoms with E-state index in [1.165, 1.54) is 0 Å². The van der Waals surface area contributed by atoms with Crippen LogP contribution in [0.5, 0.6) is 5.75 Å². The number of aryl methyl sites for hydroxylation is 1. The van der Waals surface area contributed by atoms with Crippen molar-refractivity contribution in [1.29, 1.82) is 0 Å². The summed E-state index contributed by atoms with van der Waals surface area (Å²) in [5.41, 5.74) is 2.29. The number of hydrogen-bond donors (Lipinski definition) is 0. The number of hydrogen-bond acceptors (Lipinski definition) is 2. The number of benzene rings is 1. The molecule has 0 spiro atoms. The van der Waals surface area contributed by atoms with Gasteiger partial charge in [0.25, 0.3) is 0 Å². The Morgan fingerprint density at radius 2 is 2.31 bits per heavy atom. The maximum Gasteiger partial charge on any atom is 0.121 e. The second-order valence-corrected chi connectivity index (χ2v) is 4.72. The molecule has 2 rings (SSSR count). The van der Waals surface area contributed by atoms with Gasteiger partial charge in [-0.3, -0.25) is 0 Å². The molecule has 0 aromatic heterocycles. The summed E-state index contributed by atoms with van der Waals surface area (Å²) >= 11 is 6.46. The minimum atomic E-state index is 0.0482. The van der Waals surface area contributed by atoms with E-state index in [-0.39, 0.29) is 5.38 Å². The van der Waals surface area contributed by atoms with E-state index in [1.807, 2.05) is 19.1 Å². The molecule has 1 aromatic rings. The van der Waals surface area contributed by atoms with Crippen LogP contribution in [0.2, 0.25) is 0 Å². The smallest absolute Gasteiger partial charge is 0.121 e. The van der Waals surface area contributed by atoms with E-state index in [1.54, 1.807) is 7.11 Å². The summed E-state index contributed by atoms with van der Waals surface area (Å²) in [5.74, 6) is 1.35. The quantitative estimate of drug-likeness (QED) is 0.755. The Hall–Kier alpha value is -0.730. The molecule has 1 fully saturated rings. The molecule has 0 radical (unpaired) electrons. The van der Waals surface area contributed by atoms with Crippen LogP contribution in [-0.2, 0) is 4.74 Å². The SMILES string of the molecule is COc1ccc(C(Cl)C2CCOC2)cc1C. The van der Waals surface area contributed by atoms with Crippen molar-refractivity contribution in [2.24, 2.45) is 5.92 Å². The first-order chi connectivity index (χ1) is 7.72. The lowest BCUT2D eigenvalue weighted by Crippen LogP contribution is -2.07. The van der Waals surface area contributed by atoms with Crippen LogP contribution in [0.4, 0.5) is 0 Å². The molecule has 2 unspecified atom stereocenters. The van der Waals surface area contributed by atoms with E-state index in [9.17, 15) is 0 Å². The van der Waals surface area contributed by atoms with Gasteiger partial charge in [-0.1, -0.05) is 12.1 Å². The van der Waals surface area contributed by atoms with Gasteiger partial charge in [0.1, 0.15) is 5.75 Å². The largest absolute Gasteiger partial charge is 0.496 e. The van der Waals surface area contributed by atoms with Crippen LogP contribution in [0, 0.1) is 12.8 Å². The number of methoxy groups -OCH3 is 1. The summed E-state index contributed by atoms with van der Waals surface area (Å²) in [7, 11) is 1.69. The van der Waals surface area contributed by atoms with E-state index >= 15 is 0 Å². The van der Waals surface area contributed by atoms with Gasteiger partial charge >= 0.3 is 0 Å². The molecule has 0 N–H and O–H groups in total. The van der Waals surface area contributed by atoms with E-state index in [4.69, 9.17) is 21.1 Å². The fourth-order valence-corrected chi connectivity index (χ4v) is 2.46. The summed E-state index contributed by atoms with van der Waals surface area (Å²) in [6, 6.07) is 6.13. The van der Waals surface area contributed by atoms with Gasteiger partial charge in [0, 0.05) is 12.5 Å². The van der Waals surface area contributed by atoms with Crippen molar-refractivity contribution < 1.29 is 9.47 Å². The van der Waals surface area contributed by atoms with Gasteiger partial charge in [0.2, 0.25) is 0 Å². The third-order valence-corrected chi connectivity index (χ3v) is 3.72. The van der Waals surface area contributed by atoms with Gasteiger partial charge < -0.3 is 9.47 Å². The number of rotatable bonds is 3. The molecule has 0 bridgehead atoms. The Labute approximate surface area is 102 Å². The van der Waals surface area contributed by atoms with Gasteiger partial charge in [-0.25, -0.2) is 0 Å². The Morgan fingerprint density at radius 1 is 1.50 bits per heavy atom. The van der Waals surface area contributed by atoms with Crippen molar-refractivity contribution in [3.63, 3.8) is 0 Å². The van der Waals surface area contributed by atoms with Crippen molar-refractivity contribution in [2.75, 3.05) is 20.3 Å². The van der Waals surface area contributed by atoms with E-state index < -0.39 is 0 Å². The molecule has 0 aliphatic carbocycles. The molecule has 2 atom stereocenters. The molecule has 1 aromatic carbocycles. The van der Waals surface area contributed by atoms with Gasteiger partial charge in [-0.15, -0.1) is 11.6 Å². The second-order valence-electron chi connectivity index (χ2n) is 4.25. The highest BCUT2D eigenvalue weighted by molar-refractivity contribution is 6.21. The van der Waals surface area contributed by atoms with Gasteiger partial charge in [-0.2, -0.15) is 0 Å². The fourth-order valence-electron chi connectivity index (χ4n) is 2.13. The van der Waals surface area contributed by atoms with Crippen molar-refractivity contribution in [3.8, 4) is 5.75 Å². The first-order valence-corrected chi connectivity index (χ1v) is 6.02. The van der Waals surface area contributed by atoms with Crippen LogP contribution in [0.15, 0.2) is 18.2 Å². The number of halogens is 1. The van der Waals surface area contributed by atoms with Crippen LogP contribution in [0.1, 0.15) is 22.9 Å². The molecule has 0 amide bonds. The zero-order valence-corrected chi connectivity index (χ0v) is 10.5. The summed E-state index contributed by atoms with van der Waals surface area (Å²) in [6.07, 6.45) is 1.05.